The molecule has 1 spiro atoms. The van der Waals surface area contributed by atoms with Gasteiger partial charge in [-0.2, -0.15) is 0 Å². The van der Waals surface area contributed by atoms with Crippen LogP contribution in [0.15, 0.2) is 0 Å². The Morgan fingerprint density at radius 2 is 1.89 bits per heavy atom. The molecule has 7 nitrogen and oxygen atoms in total. The van der Waals surface area contributed by atoms with Crippen LogP contribution in [0.5, 0.6) is 0 Å². The van der Waals surface area contributed by atoms with Gasteiger partial charge in [-0.1, -0.05) is 0 Å². The van der Waals surface area contributed by atoms with E-state index in [2.05, 4.69) is 5.32 Å². The minimum absolute atomic E-state index is 0.167. The molecule has 3 heterocycles. The van der Waals surface area contributed by atoms with E-state index < -0.39 is 17.4 Å². The summed E-state index contributed by atoms with van der Waals surface area (Å²) in [5, 5.41) is 2.19. The Morgan fingerprint density at radius 1 is 1.21 bits per heavy atom. The molecule has 1 unspecified atom stereocenters. The van der Waals surface area contributed by atoms with E-state index in [1.165, 1.54) is 0 Å². The molecule has 1 atom stereocenters. The first-order valence-electron chi connectivity index (χ1n) is 6.32. The molecule has 0 aromatic rings. The van der Waals surface area contributed by atoms with Gasteiger partial charge in [-0.15, -0.1) is 0 Å². The molecule has 1 N–H and O–H groups in total. The van der Waals surface area contributed by atoms with Crippen molar-refractivity contribution < 1.29 is 19.2 Å². The normalized spacial score (nSPS) is 30.8. The summed E-state index contributed by atoms with van der Waals surface area (Å²) in [6.07, 6.45) is 0.572. The average molecular weight is 265 g/mol. The van der Waals surface area contributed by atoms with Crippen LogP contribution in [0.3, 0.4) is 0 Å². The van der Waals surface area contributed by atoms with Crippen LogP contribution in [-0.4, -0.2) is 59.6 Å². The van der Waals surface area contributed by atoms with Crippen LogP contribution in [0, 0.1) is 5.41 Å². The standard InChI is InChI=1S/C12H15N3O4/c1-14-5-12(6-14)4-9(17)15(11(12)19)7-2-3-8(16)13-10(7)18/h7H,2-6H2,1H3,(H,13,16,18). The van der Waals surface area contributed by atoms with Crippen LogP contribution in [0.1, 0.15) is 19.3 Å². The number of carbonyl (C=O) groups is 4. The van der Waals surface area contributed by atoms with Crippen molar-refractivity contribution >= 4 is 23.6 Å². The van der Waals surface area contributed by atoms with Gasteiger partial charge in [0.25, 0.3) is 0 Å². The molecule has 0 aromatic heterocycles. The fourth-order valence-corrected chi connectivity index (χ4v) is 3.30. The summed E-state index contributed by atoms with van der Waals surface area (Å²) in [7, 11) is 1.89. The summed E-state index contributed by atoms with van der Waals surface area (Å²) in [6, 6.07) is -0.817. The van der Waals surface area contributed by atoms with Crippen molar-refractivity contribution in [3.05, 3.63) is 0 Å². The molecule has 7 heteroatoms. The highest BCUT2D eigenvalue weighted by Crippen LogP contribution is 2.41. The van der Waals surface area contributed by atoms with E-state index in [0.717, 1.165) is 4.90 Å². The number of piperidine rings is 1. The molecule has 102 valence electrons. The number of likely N-dealkylation sites (tertiary alicyclic amines) is 2. The van der Waals surface area contributed by atoms with Crippen molar-refractivity contribution in [2.45, 2.75) is 25.3 Å². The first-order chi connectivity index (χ1) is 8.93. The predicted octanol–water partition coefficient (Wildman–Crippen LogP) is -1.52. The maximum Gasteiger partial charge on any atom is 0.249 e. The summed E-state index contributed by atoms with van der Waals surface area (Å²) in [5.41, 5.74) is -0.631. The van der Waals surface area contributed by atoms with E-state index in [0.29, 0.717) is 13.1 Å². The molecule has 3 aliphatic heterocycles. The number of carbonyl (C=O) groups excluding carboxylic acids is 4. The minimum atomic E-state index is -0.817. The molecule has 3 saturated heterocycles. The Hall–Kier alpha value is -1.76. The van der Waals surface area contributed by atoms with Crippen molar-refractivity contribution in [1.82, 2.24) is 15.1 Å². The van der Waals surface area contributed by atoms with Crippen LogP contribution >= 0.6 is 0 Å². The van der Waals surface area contributed by atoms with Gasteiger partial charge < -0.3 is 4.90 Å². The zero-order valence-electron chi connectivity index (χ0n) is 10.6. The summed E-state index contributed by atoms with van der Waals surface area (Å²) in [5.74, 6) is -1.45. The van der Waals surface area contributed by atoms with E-state index in [1.807, 2.05) is 11.9 Å². The molecule has 3 fully saturated rings. The number of hydrogen-bond donors (Lipinski definition) is 1. The smallest absolute Gasteiger partial charge is 0.249 e. The summed E-state index contributed by atoms with van der Waals surface area (Å²) in [4.78, 5) is 50.4. The lowest BCUT2D eigenvalue weighted by molar-refractivity contribution is -0.155. The molecular weight excluding hydrogens is 250 g/mol. The third-order valence-electron chi connectivity index (χ3n) is 4.10. The Kier molecular flexibility index (Phi) is 2.50. The van der Waals surface area contributed by atoms with Crippen molar-refractivity contribution in [1.29, 1.82) is 0 Å². The monoisotopic (exact) mass is 265 g/mol. The van der Waals surface area contributed by atoms with E-state index in [4.69, 9.17) is 0 Å². The quantitative estimate of drug-likeness (QED) is 0.582. The highest BCUT2D eigenvalue weighted by Gasteiger charge is 2.59. The van der Waals surface area contributed by atoms with Gasteiger partial charge >= 0.3 is 0 Å². The Bertz CT molecular complexity index is 495. The van der Waals surface area contributed by atoms with Crippen LogP contribution in [0.25, 0.3) is 0 Å². The molecule has 19 heavy (non-hydrogen) atoms. The molecule has 4 amide bonds. The Balaban J connectivity index is 1.82. The van der Waals surface area contributed by atoms with Crippen molar-refractivity contribution in [2.24, 2.45) is 5.41 Å². The second-order valence-corrected chi connectivity index (χ2v) is 5.67. The van der Waals surface area contributed by atoms with Gasteiger partial charge in [0, 0.05) is 25.9 Å². The SMILES string of the molecule is CN1CC2(CC(=O)N(C3CCC(=O)NC3=O)C2=O)C1. The summed E-state index contributed by atoms with van der Waals surface area (Å²) in [6.45, 7) is 1.11. The third kappa shape index (κ3) is 1.68. The van der Waals surface area contributed by atoms with Crippen LogP contribution in [0.2, 0.25) is 0 Å². The average Bonchev–Trinajstić information content (AvgIpc) is 2.52. The molecule has 0 radical (unpaired) electrons. The largest absolute Gasteiger partial charge is 0.304 e. The van der Waals surface area contributed by atoms with E-state index in [9.17, 15) is 19.2 Å². The van der Waals surface area contributed by atoms with Gasteiger partial charge in [0.2, 0.25) is 23.6 Å². The second kappa shape index (κ2) is 3.86. The molecule has 0 aromatic carbocycles. The lowest BCUT2D eigenvalue weighted by Gasteiger charge is -2.44. The maximum absolute atomic E-state index is 12.4. The fraction of sp³-hybridized carbons (Fsp3) is 0.667. The van der Waals surface area contributed by atoms with E-state index >= 15 is 0 Å². The number of imide groups is 2. The minimum Gasteiger partial charge on any atom is -0.304 e. The second-order valence-electron chi connectivity index (χ2n) is 5.67. The first-order valence-corrected chi connectivity index (χ1v) is 6.32. The van der Waals surface area contributed by atoms with Gasteiger partial charge in [0.05, 0.1) is 5.41 Å². The Labute approximate surface area is 109 Å². The number of rotatable bonds is 1. The van der Waals surface area contributed by atoms with Crippen LogP contribution < -0.4 is 5.32 Å². The van der Waals surface area contributed by atoms with Crippen LogP contribution in [-0.2, 0) is 19.2 Å². The molecule has 0 saturated carbocycles. The van der Waals surface area contributed by atoms with Crippen molar-refractivity contribution in [2.75, 3.05) is 20.1 Å². The maximum atomic E-state index is 12.4. The zero-order chi connectivity index (χ0) is 13.8. The van der Waals surface area contributed by atoms with E-state index in [1.54, 1.807) is 0 Å². The topological polar surface area (TPSA) is 86.8 Å². The molecular formula is C12H15N3O4. The van der Waals surface area contributed by atoms with Gasteiger partial charge in [-0.05, 0) is 13.5 Å². The number of hydrogen-bond acceptors (Lipinski definition) is 5. The predicted molar refractivity (Wildman–Crippen MR) is 62.6 cm³/mol. The zero-order valence-corrected chi connectivity index (χ0v) is 10.6. The first kappa shape index (κ1) is 12.3. The summed E-state index contributed by atoms with van der Waals surface area (Å²) >= 11 is 0. The van der Waals surface area contributed by atoms with Crippen molar-refractivity contribution in [3.63, 3.8) is 0 Å². The lowest BCUT2D eigenvalue weighted by atomic mass is 9.78. The van der Waals surface area contributed by atoms with Gasteiger partial charge in [-0.25, -0.2) is 0 Å². The van der Waals surface area contributed by atoms with Gasteiger partial charge in [-0.3, -0.25) is 29.4 Å². The number of amides is 4. The molecule has 3 rings (SSSR count). The molecule has 0 aliphatic carbocycles. The lowest BCUT2D eigenvalue weighted by Crippen LogP contribution is -2.60. The molecule has 0 bridgehead atoms. The Morgan fingerprint density at radius 3 is 2.47 bits per heavy atom. The van der Waals surface area contributed by atoms with Gasteiger partial charge in [0.1, 0.15) is 6.04 Å². The van der Waals surface area contributed by atoms with Gasteiger partial charge in [0.15, 0.2) is 0 Å². The molecule has 3 aliphatic rings. The fourth-order valence-electron chi connectivity index (χ4n) is 3.30. The summed E-state index contributed by atoms with van der Waals surface area (Å²) < 4.78 is 0. The highest BCUT2D eigenvalue weighted by molar-refractivity contribution is 6.11. The number of nitrogens with zero attached hydrogens (tertiary/aromatic N) is 2. The number of nitrogens with one attached hydrogen (secondary N) is 1. The van der Waals surface area contributed by atoms with Crippen LogP contribution in [0.4, 0.5) is 0 Å². The highest BCUT2D eigenvalue weighted by atomic mass is 16.2. The third-order valence-corrected chi connectivity index (χ3v) is 4.10. The van der Waals surface area contributed by atoms with E-state index in [-0.39, 0.29) is 37.0 Å². The van der Waals surface area contributed by atoms with Crippen molar-refractivity contribution in [3.8, 4) is 0 Å².